The number of nitrogens with zero attached hydrogens (tertiary/aromatic N) is 2. The van der Waals surface area contributed by atoms with Gasteiger partial charge in [0.05, 0.1) is 6.61 Å². The first-order valence-electron chi connectivity index (χ1n) is 11.9. The Hall–Kier alpha value is -3.69. The van der Waals surface area contributed by atoms with Gasteiger partial charge in [0.15, 0.2) is 5.82 Å². The highest BCUT2D eigenvalue weighted by atomic mass is 16.5. The van der Waals surface area contributed by atoms with E-state index in [-0.39, 0.29) is 37.2 Å². The molecule has 1 aliphatic rings. The van der Waals surface area contributed by atoms with Gasteiger partial charge in [0.2, 0.25) is 17.7 Å². The number of nitrogens with one attached hydrogen (secondary N) is 2. The van der Waals surface area contributed by atoms with E-state index in [2.05, 4.69) is 15.8 Å². The second-order valence-electron chi connectivity index (χ2n) is 8.50. The van der Waals surface area contributed by atoms with Gasteiger partial charge in [-0.25, -0.2) is 0 Å². The molecule has 0 saturated heterocycles. The molecule has 10 heteroatoms. The SMILES string of the molecule is CCOC(=O)CN(C(=O)CCC(=O)Nc1cc(C)on1)[C@H](C(=O)NC1CCCC1)c1ccccc1. The number of benzene rings is 1. The van der Waals surface area contributed by atoms with Crippen molar-refractivity contribution in [3.63, 3.8) is 0 Å². The van der Waals surface area contributed by atoms with Gasteiger partial charge < -0.3 is 24.8 Å². The van der Waals surface area contributed by atoms with Crippen molar-refractivity contribution in [1.29, 1.82) is 0 Å². The van der Waals surface area contributed by atoms with E-state index in [0.29, 0.717) is 11.3 Å². The second-order valence-corrected chi connectivity index (χ2v) is 8.50. The molecule has 1 aliphatic carbocycles. The monoisotopic (exact) mass is 484 g/mol. The summed E-state index contributed by atoms with van der Waals surface area (Å²) >= 11 is 0. The molecule has 10 nitrogen and oxygen atoms in total. The van der Waals surface area contributed by atoms with E-state index in [4.69, 9.17) is 9.26 Å². The fourth-order valence-corrected chi connectivity index (χ4v) is 4.12. The second kappa shape index (κ2) is 12.7. The molecular formula is C25H32N4O6. The lowest BCUT2D eigenvalue weighted by atomic mass is 10.0. The summed E-state index contributed by atoms with van der Waals surface area (Å²) in [6.45, 7) is 3.10. The molecule has 188 valence electrons. The zero-order chi connectivity index (χ0) is 25.2. The standard InChI is InChI=1S/C25H32N4O6/c1-3-34-23(32)16-29(22(31)14-13-21(30)27-20-15-17(2)35-28-20)24(18-9-5-4-6-10-18)25(33)26-19-11-7-8-12-19/h4-6,9-10,15,19,24H,3,7-8,11-14,16H2,1-2H3,(H,26,33)(H,27,28,30)/t24-/m0/s1. The number of carbonyl (C=O) groups is 4. The Morgan fingerprint density at radius 1 is 1.14 bits per heavy atom. The van der Waals surface area contributed by atoms with Gasteiger partial charge in [-0.15, -0.1) is 0 Å². The molecule has 0 bridgehead atoms. The summed E-state index contributed by atoms with van der Waals surface area (Å²) in [4.78, 5) is 52.7. The van der Waals surface area contributed by atoms with Crippen LogP contribution in [0.15, 0.2) is 40.9 Å². The number of aryl methyl sites for hydroxylation is 1. The quantitative estimate of drug-likeness (QED) is 0.469. The molecule has 0 unspecified atom stereocenters. The Morgan fingerprint density at radius 3 is 2.49 bits per heavy atom. The van der Waals surface area contributed by atoms with Crippen LogP contribution in [-0.4, -0.2) is 52.9 Å². The summed E-state index contributed by atoms with van der Waals surface area (Å²) in [5.74, 6) is -1.15. The molecule has 2 aromatic rings. The minimum Gasteiger partial charge on any atom is -0.465 e. The van der Waals surface area contributed by atoms with E-state index in [1.807, 2.05) is 6.07 Å². The Labute approximate surface area is 204 Å². The van der Waals surface area contributed by atoms with E-state index >= 15 is 0 Å². The van der Waals surface area contributed by atoms with Crippen LogP contribution in [0.2, 0.25) is 0 Å². The molecule has 35 heavy (non-hydrogen) atoms. The number of hydrogen-bond donors (Lipinski definition) is 2. The van der Waals surface area contributed by atoms with Crippen LogP contribution in [0, 0.1) is 6.92 Å². The van der Waals surface area contributed by atoms with Gasteiger partial charge >= 0.3 is 5.97 Å². The van der Waals surface area contributed by atoms with Gasteiger partial charge in [-0.1, -0.05) is 48.3 Å². The number of esters is 1. The molecule has 1 saturated carbocycles. The lowest BCUT2D eigenvalue weighted by molar-refractivity contribution is -0.152. The molecule has 3 amide bonds. The Kier molecular flexibility index (Phi) is 9.39. The molecule has 0 spiro atoms. The summed E-state index contributed by atoms with van der Waals surface area (Å²) in [5, 5.41) is 9.30. The number of rotatable bonds is 11. The van der Waals surface area contributed by atoms with Gasteiger partial charge in [-0.2, -0.15) is 0 Å². The third-order valence-electron chi connectivity index (χ3n) is 5.76. The van der Waals surface area contributed by atoms with Crippen molar-refractivity contribution in [2.75, 3.05) is 18.5 Å². The lowest BCUT2D eigenvalue weighted by Gasteiger charge is -2.31. The summed E-state index contributed by atoms with van der Waals surface area (Å²) in [5.41, 5.74) is 0.572. The lowest BCUT2D eigenvalue weighted by Crippen LogP contribution is -2.48. The maximum Gasteiger partial charge on any atom is 0.325 e. The molecule has 3 rings (SSSR count). The molecular weight excluding hydrogens is 452 g/mol. The Bertz CT molecular complexity index is 1020. The summed E-state index contributed by atoms with van der Waals surface area (Å²) in [6.07, 6.45) is 3.46. The van der Waals surface area contributed by atoms with E-state index < -0.39 is 30.4 Å². The minimum absolute atomic E-state index is 0.0324. The predicted molar refractivity (Wildman–Crippen MR) is 127 cm³/mol. The van der Waals surface area contributed by atoms with Crippen LogP contribution in [0.1, 0.15) is 62.8 Å². The van der Waals surface area contributed by atoms with Crippen molar-refractivity contribution in [2.24, 2.45) is 0 Å². The normalized spacial score (nSPS) is 14.2. The summed E-state index contributed by atoms with van der Waals surface area (Å²) in [6, 6.07) is 9.39. The van der Waals surface area contributed by atoms with Crippen molar-refractivity contribution in [1.82, 2.24) is 15.4 Å². The summed E-state index contributed by atoms with van der Waals surface area (Å²) in [7, 11) is 0. The largest absolute Gasteiger partial charge is 0.465 e. The van der Waals surface area contributed by atoms with Crippen LogP contribution in [0.5, 0.6) is 0 Å². The van der Waals surface area contributed by atoms with Gasteiger partial charge in [0.25, 0.3) is 0 Å². The molecule has 0 aliphatic heterocycles. The van der Waals surface area contributed by atoms with Crippen molar-refractivity contribution >= 4 is 29.5 Å². The molecule has 2 N–H and O–H groups in total. The smallest absolute Gasteiger partial charge is 0.325 e. The number of hydrogen-bond acceptors (Lipinski definition) is 7. The van der Waals surface area contributed by atoms with Crippen molar-refractivity contribution in [2.45, 2.75) is 64.5 Å². The molecule has 1 atom stereocenters. The van der Waals surface area contributed by atoms with E-state index in [9.17, 15) is 19.2 Å². The topological polar surface area (TPSA) is 131 Å². The van der Waals surface area contributed by atoms with Gasteiger partial charge in [0, 0.05) is 24.9 Å². The van der Waals surface area contributed by atoms with Crippen LogP contribution < -0.4 is 10.6 Å². The number of ether oxygens (including phenoxy) is 1. The van der Waals surface area contributed by atoms with Crippen molar-refractivity contribution < 1.29 is 28.4 Å². The number of carbonyl (C=O) groups excluding carboxylic acids is 4. The average molecular weight is 485 g/mol. The fourth-order valence-electron chi connectivity index (χ4n) is 4.12. The molecule has 1 heterocycles. The maximum absolute atomic E-state index is 13.4. The minimum atomic E-state index is -1.03. The van der Waals surface area contributed by atoms with Crippen LogP contribution in [0.4, 0.5) is 5.82 Å². The first-order valence-corrected chi connectivity index (χ1v) is 11.9. The third-order valence-corrected chi connectivity index (χ3v) is 5.76. The van der Waals surface area contributed by atoms with Crippen molar-refractivity contribution in [3.05, 3.63) is 47.7 Å². The van der Waals surface area contributed by atoms with Crippen LogP contribution in [0.25, 0.3) is 0 Å². The molecule has 1 fully saturated rings. The highest BCUT2D eigenvalue weighted by molar-refractivity contribution is 5.95. The highest BCUT2D eigenvalue weighted by Crippen LogP contribution is 2.25. The molecule has 0 radical (unpaired) electrons. The van der Waals surface area contributed by atoms with E-state index in [0.717, 1.165) is 25.7 Å². The highest BCUT2D eigenvalue weighted by Gasteiger charge is 2.34. The van der Waals surface area contributed by atoms with Crippen LogP contribution in [0.3, 0.4) is 0 Å². The van der Waals surface area contributed by atoms with Crippen LogP contribution >= 0.6 is 0 Å². The Morgan fingerprint density at radius 2 is 1.86 bits per heavy atom. The van der Waals surface area contributed by atoms with Gasteiger partial charge in [-0.3, -0.25) is 19.2 Å². The average Bonchev–Trinajstić information content (AvgIpc) is 3.49. The maximum atomic E-state index is 13.4. The zero-order valence-corrected chi connectivity index (χ0v) is 20.1. The predicted octanol–water partition coefficient (Wildman–Crippen LogP) is 2.89. The third kappa shape index (κ3) is 7.66. The first-order chi connectivity index (χ1) is 16.9. The summed E-state index contributed by atoms with van der Waals surface area (Å²) < 4.78 is 9.99. The van der Waals surface area contributed by atoms with E-state index in [1.165, 1.54) is 4.90 Å². The Balaban J connectivity index is 1.78. The fraction of sp³-hybridized carbons (Fsp3) is 0.480. The zero-order valence-electron chi connectivity index (χ0n) is 20.1. The first kappa shape index (κ1) is 25.9. The van der Waals surface area contributed by atoms with Crippen molar-refractivity contribution in [3.8, 4) is 0 Å². The van der Waals surface area contributed by atoms with Gasteiger partial charge in [0.1, 0.15) is 18.3 Å². The van der Waals surface area contributed by atoms with E-state index in [1.54, 1.807) is 44.2 Å². The number of anilines is 1. The number of aromatic nitrogens is 1. The number of amides is 3. The molecule has 1 aromatic heterocycles. The van der Waals surface area contributed by atoms with Gasteiger partial charge in [-0.05, 0) is 32.3 Å². The van der Waals surface area contributed by atoms with Crippen LogP contribution in [-0.2, 0) is 23.9 Å². The molecule has 1 aromatic carbocycles.